The maximum atomic E-state index is 4.86. The van der Waals surface area contributed by atoms with Crippen molar-refractivity contribution in [2.75, 3.05) is 7.05 Å². The van der Waals surface area contributed by atoms with E-state index in [1.165, 1.54) is 16.7 Å². The van der Waals surface area contributed by atoms with Gasteiger partial charge in [-0.05, 0) is 74.8 Å². The Kier molecular flexibility index (Phi) is 7.78. The SMILES string of the molecule is C/N=C(/C)N(/C=C(C(C)=C(C)C)\C(C)=N/C(C)(C)C)C(C)C. The van der Waals surface area contributed by atoms with Crippen molar-refractivity contribution in [3.05, 3.63) is 22.9 Å². The molecule has 0 saturated heterocycles. The van der Waals surface area contributed by atoms with Crippen molar-refractivity contribution < 1.29 is 0 Å². The van der Waals surface area contributed by atoms with E-state index in [0.717, 1.165) is 11.5 Å². The number of rotatable bonds is 4. The second-order valence-electron chi connectivity index (χ2n) is 7.31. The molecule has 0 aromatic rings. The van der Waals surface area contributed by atoms with Gasteiger partial charge in [-0.25, -0.2) is 0 Å². The van der Waals surface area contributed by atoms with Gasteiger partial charge in [-0.3, -0.25) is 9.98 Å². The summed E-state index contributed by atoms with van der Waals surface area (Å²) in [5.74, 6) is 1.01. The summed E-state index contributed by atoms with van der Waals surface area (Å²) in [7, 11) is 1.84. The lowest BCUT2D eigenvalue weighted by Gasteiger charge is -2.27. The molecule has 3 nitrogen and oxygen atoms in total. The van der Waals surface area contributed by atoms with Crippen LogP contribution in [0.2, 0.25) is 0 Å². The van der Waals surface area contributed by atoms with Crippen LogP contribution in [0.1, 0.15) is 69.2 Å². The molecule has 0 aromatic carbocycles. The minimum Gasteiger partial charge on any atom is -0.334 e. The summed E-state index contributed by atoms with van der Waals surface area (Å²) < 4.78 is 0. The summed E-state index contributed by atoms with van der Waals surface area (Å²) in [6, 6.07) is 0.353. The van der Waals surface area contributed by atoms with Crippen molar-refractivity contribution in [3.63, 3.8) is 0 Å². The number of aliphatic imine (C=N–C) groups is 2. The van der Waals surface area contributed by atoms with Gasteiger partial charge < -0.3 is 4.90 Å². The molecule has 0 rings (SSSR count). The molecule has 0 atom stereocenters. The Hall–Kier alpha value is -1.38. The van der Waals surface area contributed by atoms with E-state index >= 15 is 0 Å². The van der Waals surface area contributed by atoms with Gasteiger partial charge >= 0.3 is 0 Å². The molecule has 0 spiro atoms. The molecule has 0 aliphatic heterocycles. The summed E-state index contributed by atoms with van der Waals surface area (Å²) in [6.45, 7) is 21.3. The van der Waals surface area contributed by atoms with E-state index in [1.807, 2.05) is 14.0 Å². The van der Waals surface area contributed by atoms with Crippen LogP contribution in [-0.2, 0) is 0 Å². The van der Waals surface area contributed by atoms with Crippen LogP contribution >= 0.6 is 0 Å². The Morgan fingerprint density at radius 3 is 1.82 bits per heavy atom. The molecular weight excluding hydrogens is 270 g/mol. The molecule has 0 unspecified atom stereocenters. The fraction of sp³-hybridized carbons (Fsp3) is 0.684. The van der Waals surface area contributed by atoms with Gasteiger partial charge in [0.1, 0.15) is 0 Å². The lowest BCUT2D eigenvalue weighted by molar-refractivity contribution is 0.454. The Morgan fingerprint density at radius 1 is 1.00 bits per heavy atom. The molecule has 3 heteroatoms. The fourth-order valence-corrected chi connectivity index (χ4v) is 2.16. The van der Waals surface area contributed by atoms with E-state index in [1.54, 1.807) is 0 Å². The minimum absolute atomic E-state index is 0.0817. The highest BCUT2D eigenvalue weighted by molar-refractivity contribution is 6.02. The molecular formula is C19H35N3. The summed E-state index contributed by atoms with van der Waals surface area (Å²) in [5, 5.41) is 0. The van der Waals surface area contributed by atoms with Crippen LogP contribution in [0.4, 0.5) is 0 Å². The van der Waals surface area contributed by atoms with Crippen molar-refractivity contribution in [1.82, 2.24) is 4.90 Å². The van der Waals surface area contributed by atoms with Crippen LogP contribution in [0, 0.1) is 0 Å². The quantitative estimate of drug-likeness (QED) is 0.396. The molecule has 0 aromatic heterocycles. The van der Waals surface area contributed by atoms with Gasteiger partial charge in [0.2, 0.25) is 0 Å². The molecule has 0 aliphatic carbocycles. The number of amidine groups is 1. The van der Waals surface area contributed by atoms with Crippen LogP contribution in [0.5, 0.6) is 0 Å². The third kappa shape index (κ3) is 6.59. The predicted molar refractivity (Wildman–Crippen MR) is 101 cm³/mol. The van der Waals surface area contributed by atoms with Crippen LogP contribution < -0.4 is 0 Å². The van der Waals surface area contributed by atoms with E-state index in [0.29, 0.717) is 6.04 Å². The van der Waals surface area contributed by atoms with E-state index in [9.17, 15) is 0 Å². The Morgan fingerprint density at radius 2 is 1.50 bits per heavy atom. The largest absolute Gasteiger partial charge is 0.334 e. The summed E-state index contributed by atoms with van der Waals surface area (Å²) in [6.07, 6.45) is 2.19. The first kappa shape index (κ1) is 20.6. The number of hydrogen-bond donors (Lipinski definition) is 0. The maximum absolute atomic E-state index is 4.86. The molecule has 0 heterocycles. The molecule has 0 bridgehead atoms. The third-order valence-electron chi connectivity index (χ3n) is 3.57. The Bertz CT molecular complexity index is 493. The summed E-state index contributed by atoms with van der Waals surface area (Å²) >= 11 is 0. The molecule has 0 N–H and O–H groups in total. The normalized spacial score (nSPS) is 14.5. The second-order valence-corrected chi connectivity index (χ2v) is 7.31. The van der Waals surface area contributed by atoms with E-state index in [4.69, 9.17) is 4.99 Å². The number of hydrogen-bond acceptors (Lipinski definition) is 2. The lowest BCUT2D eigenvalue weighted by Crippen LogP contribution is -2.31. The van der Waals surface area contributed by atoms with Crippen molar-refractivity contribution >= 4 is 11.5 Å². The average molecular weight is 306 g/mol. The van der Waals surface area contributed by atoms with Crippen LogP contribution in [-0.4, -0.2) is 35.1 Å². The molecule has 126 valence electrons. The predicted octanol–water partition coefficient (Wildman–Crippen LogP) is 5.24. The van der Waals surface area contributed by atoms with Crippen molar-refractivity contribution in [1.29, 1.82) is 0 Å². The van der Waals surface area contributed by atoms with Crippen molar-refractivity contribution in [3.8, 4) is 0 Å². The Balaban J connectivity index is 6.16. The molecule has 0 aliphatic rings. The van der Waals surface area contributed by atoms with Gasteiger partial charge in [0.25, 0.3) is 0 Å². The van der Waals surface area contributed by atoms with Gasteiger partial charge in [-0.15, -0.1) is 0 Å². The molecule has 0 saturated carbocycles. The number of allylic oxidation sites excluding steroid dienone is 3. The first-order valence-electron chi connectivity index (χ1n) is 8.05. The highest BCUT2D eigenvalue weighted by Crippen LogP contribution is 2.20. The van der Waals surface area contributed by atoms with Gasteiger partial charge in [0, 0.05) is 30.6 Å². The molecule has 0 fully saturated rings. The highest BCUT2D eigenvalue weighted by Gasteiger charge is 2.15. The highest BCUT2D eigenvalue weighted by atomic mass is 15.2. The van der Waals surface area contributed by atoms with Crippen LogP contribution in [0.15, 0.2) is 32.9 Å². The van der Waals surface area contributed by atoms with Crippen molar-refractivity contribution in [2.45, 2.75) is 80.8 Å². The summed E-state index contributed by atoms with van der Waals surface area (Å²) in [4.78, 5) is 11.4. The van der Waals surface area contributed by atoms with E-state index in [2.05, 4.69) is 78.4 Å². The number of nitrogens with zero attached hydrogens (tertiary/aromatic N) is 3. The first-order valence-corrected chi connectivity index (χ1v) is 8.05. The minimum atomic E-state index is -0.0817. The first-order chi connectivity index (χ1) is 9.90. The smallest absolute Gasteiger partial charge is 0.0996 e. The fourth-order valence-electron chi connectivity index (χ4n) is 2.16. The van der Waals surface area contributed by atoms with E-state index < -0.39 is 0 Å². The van der Waals surface area contributed by atoms with Crippen molar-refractivity contribution in [2.24, 2.45) is 9.98 Å². The van der Waals surface area contributed by atoms with Gasteiger partial charge in [-0.1, -0.05) is 5.57 Å². The molecule has 22 heavy (non-hydrogen) atoms. The van der Waals surface area contributed by atoms with E-state index in [-0.39, 0.29) is 5.54 Å². The zero-order valence-electron chi connectivity index (χ0n) is 16.5. The third-order valence-corrected chi connectivity index (χ3v) is 3.57. The van der Waals surface area contributed by atoms with Crippen LogP contribution in [0.25, 0.3) is 0 Å². The standard InChI is InChI=1S/C19H35N3/c1-13(2)15(5)18(16(6)21-19(8,9)10)12-22(14(3)4)17(7)20-11/h12,14H,1-11H3/b18-12-,20-17-,21-16-. The lowest BCUT2D eigenvalue weighted by atomic mass is 9.99. The zero-order chi connectivity index (χ0) is 17.7. The zero-order valence-corrected chi connectivity index (χ0v) is 16.5. The van der Waals surface area contributed by atoms with Crippen LogP contribution in [0.3, 0.4) is 0 Å². The topological polar surface area (TPSA) is 28.0 Å². The second kappa shape index (κ2) is 8.30. The summed E-state index contributed by atoms with van der Waals surface area (Å²) in [5.41, 5.74) is 4.76. The van der Waals surface area contributed by atoms with Gasteiger partial charge in [-0.2, -0.15) is 0 Å². The average Bonchev–Trinajstić information content (AvgIpc) is 2.35. The van der Waals surface area contributed by atoms with Gasteiger partial charge in [0.05, 0.1) is 11.4 Å². The van der Waals surface area contributed by atoms with Gasteiger partial charge in [0.15, 0.2) is 0 Å². The molecule has 0 amide bonds. The molecule has 0 radical (unpaired) electrons. The maximum Gasteiger partial charge on any atom is 0.0996 e. The monoisotopic (exact) mass is 305 g/mol. The Labute approximate surface area is 137 Å².